The van der Waals surface area contributed by atoms with Crippen molar-refractivity contribution < 1.29 is 0 Å². The third-order valence-electron chi connectivity index (χ3n) is 2.22. The maximum Gasteiger partial charge on any atom is 0.125 e. The van der Waals surface area contributed by atoms with Gasteiger partial charge in [-0.1, -0.05) is 0 Å². The Morgan fingerprint density at radius 2 is 2.20 bits per heavy atom. The minimum atomic E-state index is 0.586. The van der Waals surface area contributed by atoms with Crippen LogP contribution in [-0.2, 0) is 6.54 Å². The molecule has 2 aromatic heterocycles. The van der Waals surface area contributed by atoms with Crippen molar-refractivity contribution in [2.45, 2.75) is 20.4 Å². The van der Waals surface area contributed by atoms with E-state index in [1.807, 2.05) is 19.9 Å². The highest BCUT2D eigenvalue weighted by atomic mass is 15.3. The summed E-state index contributed by atoms with van der Waals surface area (Å²) in [6.45, 7) is 4.38. The van der Waals surface area contributed by atoms with Gasteiger partial charge in [0.1, 0.15) is 11.6 Å². The highest BCUT2D eigenvalue weighted by Crippen LogP contribution is 2.10. The molecule has 0 amide bonds. The van der Waals surface area contributed by atoms with E-state index in [2.05, 4.69) is 15.1 Å². The number of aryl methyl sites for hydroxylation is 2. The highest BCUT2D eigenvalue weighted by molar-refractivity contribution is 5.37. The van der Waals surface area contributed by atoms with Crippen molar-refractivity contribution >= 4 is 5.82 Å². The Bertz CT molecular complexity index is 474. The maximum absolute atomic E-state index is 5.85. The van der Waals surface area contributed by atoms with Crippen molar-refractivity contribution in [2.24, 2.45) is 0 Å². The quantitative estimate of drug-likeness (QED) is 0.788. The Balaban J connectivity index is 2.26. The van der Waals surface area contributed by atoms with Crippen LogP contribution >= 0.6 is 0 Å². The summed E-state index contributed by atoms with van der Waals surface area (Å²) in [7, 11) is 0. The van der Waals surface area contributed by atoms with Gasteiger partial charge in [-0.15, -0.1) is 0 Å². The molecule has 0 aliphatic heterocycles. The third-order valence-corrected chi connectivity index (χ3v) is 2.22. The van der Waals surface area contributed by atoms with Gasteiger partial charge in [-0.2, -0.15) is 5.10 Å². The van der Waals surface area contributed by atoms with Crippen molar-refractivity contribution in [1.82, 2.24) is 19.7 Å². The van der Waals surface area contributed by atoms with Crippen molar-refractivity contribution in [3.63, 3.8) is 0 Å². The fourth-order valence-electron chi connectivity index (χ4n) is 1.36. The summed E-state index contributed by atoms with van der Waals surface area (Å²) in [5, 5.41) is 4.17. The molecule has 2 aromatic rings. The number of nitrogens with zero attached hydrogens (tertiary/aromatic N) is 4. The van der Waals surface area contributed by atoms with Crippen LogP contribution in [0.1, 0.15) is 17.1 Å². The zero-order chi connectivity index (χ0) is 10.8. The predicted octanol–water partition coefficient (Wildman–Crippen LogP) is 0.920. The number of anilines is 1. The van der Waals surface area contributed by atoms with Crippen molar-refractivity contribution in [1.29, 1.82) is 0 Å². The lowest BCUT2D eigenvalue weighted by molar-refractivity contribution is 0.677. The maximum atomic E-state index is 5.85. The zero-order valence-corrected chi connectivity index (χ0v) is 8.81. The Kier molecular flexibility index (Phi) is 2.37. The fraction of sp³-hybridized carbons (Fsp3) is 0.300. The largest absolute Gasteiger partial charge is 0.384 e. The Morgan fingerprint density at radius 3 is 2.80 bits per heavy atom. The zero-order valence-electron chi connectivity index (χ0n) is 8.81. The minimum Gasteiger partial charge on any atom is -0.384 e. The van der Waals surface area contributed by atoms with Gasteiger partial charge in [-0.05, 0) is 19.9 Å². The Labute approximate surface area is 88.0 Å². The monoisotopic (exact) mass is 203 g/mol. The van der Waals surface area contributed by atoms with Crippen LogP contribution in [0.3, 0.4) is 0 Å². The molecule has 0 aliphatic rings. The highest BCUT2D eigenvalue weighted by Gasteiger charge is 2.04. The number of hydrogen-bond donors (Lipinski definition) is 1. The smallest absolute Gasteiger partial charge is 0.125 e. The van der Waals surface area contributed by atoms with Crippen LogP contribution in [0.25, 0.3) is 0 Å². The summed E-state index contributed by atoms with van der Waals surface area (Å²) in [4.78, 5) is 8.33. The lowest BCUT2D eigenvalue weighted by Gasteiger charge is -2.04. The summed E-state index contributed by atoms with van der Waals surface area (Å²) in [5.74, 6) is 1.45. The van der Waals surface area contributed by atoms with E-state index >= 15 is 0 Å². The van der Waals surface area contributed by atoms with Gasteiger partial charge in [0.25, 0.3) is 0 Å². The summed E-state index contributed by atoms with van der Waals surface area (Å²) >= 11 is 0. The van der Waals surface area contributed by atoms with Crippen LogP contribution in [-0.4, -0.2) is 19.7 Å². The second-order valence-corrected chi connectivity index (χ2v) is 3.47. The number of hydrogen-bond acceptors (Lipinski definition) is 4. The van der Waals surface area contributed by atoms with E-state index in [0.29, 0.717) is 12.4 Å². The molecule has 0 bridgehead atoms. The molecule has 0 saturated heterocycles. The molecule has 0 aromatic carbocycles. The van der Waals surface area contributed by atoms with Gasteiger partial charge in [-0.3, -0.25) is 0 Å². The summed E-state index contributed by atoms with van der Waals surface area (Å²) in [5.41, 5.74) is 7.75. The Hall–Kier alpha value is -1.91. The van der Waals surface area contributed by atoms with Crippen LogP contribution in [0.5, 0.6) is 0 Å². The molecule has 2 rings (SSSR count). The molecule has 0 aliphatic carbocycles. The first kappa shape index (κ1) is 9.64. The van der Waals surface area contributed by atoms with E-state index in [9.17, 15) is 0 Å². The van der Waals surface area contributed by atoms with Crippen LogP contribution < -0.4 is 5.73 Å². The molecule has 0 atom stereocenters. The average Bonchev–Trinajstić information content (AvgIpc) is 2.50. The summed E-state index contributed by atoms with van der Waals surface area (Å²) in [6.07, 6.45) is 3.49. The molecule has 2 heterocycles. The standard InChI is InChI=1S/C10H13N5/c1-7-5-13-15(10(7)11)6-9-3-4-12-8(2)14-9/h3-5H,6,11H2,1-2H3. The summed E-state index contributed by atoms with van der Waals surface area (Å²) < 4.78 is 1.73. The second kappa shape index (κ2) is 3.68. The van der Waals surface area contributed by atoms with E-state index in [1.54, 1.807) is 17.1 Å². The predicted molar refractivity (Wildman–Crippen MR) is 57.2 cm³/mol. The third kappa shape index (κ3) is 1.96. The van der Waals surface area contributed by atoms with Crippen LogP contribution in [0.15, 0.2) is 18.5 Å². The van der Waals surface area contributed by atoms with Gasteiger partial charge in [0, 0.05) is 11.8 Å². The van der Waals surface area contributed by atoms with Crippen molar-refractivity contribution in [3.05, 3.63) is 35.5 Å². The normalized spacial score (nSPS) is 10.5. The van der Waals surface area contributed by atoms with E-state index in [0.717, 1.165) is 17.1 Å². The molecule has 0 spiro atoms. The second-order valence-electron chi connectivity index (χ2n) is 3.47. The molecule has 2 N–H and O–H groups in total. The summed E-state index contributed by atoms with van der Waals surface area (Å²) in [6, 6.07) is 1.86. The van der Waals surface area contributed by atoms with Gasteiger partial charge < -0.3 is 5.73 Å². The van der Waals surface area contributed by atoms with Gasteiger partial charge >= 0.3 is 0 Å². The fourth-order valence-corrected chi connectivity index (χ4v) is 1.36. The molecule has 0 fully saturated rings. The van der Waals surface area contributed by atoms with Crippen molar-refractivity contribution in [2.75, 3.05) is 5.73 Å². The first-order chi connectivity index (χ1) is 7.16. The molecule has 5 nitrogen and oxygen atoms in total. The topological polar surface area (TPSA) is 69.6 Å². The molecule has 0 saturated carbocycles. The average molecular weight is 203 g/mol. The van der Waals surface area contributed by atoms with E-state index in [-0.39, 0.29) is 0 Å². The van der Waals surface area contributed by atoms with Crippen LogP contribution in [0, 0.1) is 13.8 Å². The lowest BCUT2D eigenvalue weighted by Crippen LogP contribution is -2.08. The molecular formula is C10H13N5. The molecule has 0 radical (unpaired) electrons. The Morgan fingerprint density at radius 1 is 1.40 bits per heavy atom. The minimum absolute atomic E-state index is 0.586. The van der Waals surface area contributed by atoms with Crippen molar-refractivity contribution in [3.8, 4) is 0 Å². The number of nitrogen functional groups attached to an aromatic ring is 1. The molecule has 15 heavy (non-hydrogen) atoms. The van der Waals surface area contributed by atoms with Crippen LogP contribution in [0.4, 0.5) is 5.82 Å². The van der Waals surface area contributed by atoms with E-state index in [1.165, 1.54) is 0 Å². The first-order valence-corrected chi connectivity index (χ1v) is 4.73. The van der Waals surface area contributed by atoms with Gasteiger partial charge in [-0.25, -0.2) is 14.6 Å². The van der Waals surface area contributed by atoms with E-state index in [4.69, 9.17) is 5.73 Å². The molecular weight excluding hydrogens is 190 g/mol. The SMILES string of the molecule is Cc1nccc(Cn2ncc(C)c2N)n1. The number of aromatic nitrogens is 4. The first-order valence-electron chi connectivity index (χ1n) is 4.73. The molecule has 5 heteroatoms. The molecule has 0 unspecified atom stereocenters. The van der Waals surface area contributed by atoms with Gasteiger partial charge in [0.2, 0.25) is 0 Å². The molecule has 78 valence electrons. The van der Waals surface area contributed by atoms with Gasteiger partial charge in [0.15, 0.2) is 0 Å². The van der Waals surface area contributed by atoms with E-state index < -0.39 is 0 Å². The number of nitrogens with two attached hydrogens (primary N) is 1. The number of rotatable bonds is 2. The van der Waals surface area contributed by atoms with Crippen LogP contribution in [0.2, 0.25) is 0 Å². The van der Waals surface area contributed by atoms with Gasteiger partial charge in [0.05, 0.1) is 18.4 Å². The lowest BCUT2D eigenvalue weighted by atomic mass is 10.3.